The second kappa shape index (κ2) is 6.12. The Morgan fingerprint density at radius 2 is 2.00 bits per heavy atom. The number of hydrogen-bond acceptors (Lipinski definition) is 4. The SMILES string of the molecule is FC(F)(F)CONCc1cccc2c1OCCCO2. The predicted octanol–water partition coefficient (Wildman–Crippen LogP) is 2.43. The summed E-state index contributed by atoms with van der Waals surface area (Å²) in [5, 5.41) is 0. The molecular weight excluding hydrogens is 263 g/mol. The number of ether oxygens (including phenoxy) is 2. The third-order valence-electron chi connectivity index (χ3n) is 2.45. The monoisotopic (exact) mass is 277 g/mol. The highest BCUT2D eigenvalue weighted by Gasteiger charge is 2.27. The van der Waals surface area contributed by atoms with E-state index in [1.54, 1.807) is 18.2 Å². The lowest BCUT2D eigenvalue weighted by molar-refractivity contribution is -0.190. The van der Waals surface area contributed by atoms with Crippen LogP contribution in [0.25, 0.3) is 0 Å². The number of nitrogens with one attached hydrogen (secondary N) is 1. The van der Waals surface area contributed by atoms with Crippen molar-refractivity contribution in [3.8, 4) is 11.5 Å². The number of para-hydroxylation sites is 1. The molecule has 0 fully saturated rings. The van der Waals surface area contributed by atoms with Crippen LogP contribution in [0.3, 0.4) is 0 Å². The number of rotatable bonds is 4. The van der Waals surface area contributed by atoms with E-state index in [9.17, 15) is 13.2 Å². The molecule has 0 unspecified atom stereocenters. The van der Waals surface area contributed by atoms with Gasteiger partial charge in [-0.15, -0.1) is 0 Å². The summed E-state index contributed by atoms with van der Waals surface area (Å²) in [6, 6.07) is 5.27. The molecule has 19 heavy (non-hydrogen) atoms. The van der Waals surface area contributed by atoms with E-state index in [-0.39, 0.29) is 6.54 Å². The van der Waals surface area contributed by atoms with Gasteiger partial charge in [0.05, 0.1) is 13.2 Å². The van der Waals surface area contributed by atoms with E-state index < -0.39 is 12.8 Å². The van der Waals surface area contributed by atoms with Crippen LogP contribution in [0.1, 0.15) is 12.0 Å². The largest absolute Gasteiger partial charge is 0.490 e. The van der Waals surface area contributed by atoms with E-state index in [1.165, 1.54) is 0 Å². The normalized spacial score (nSPS) is 15.1. The Labute approximate surface area is 108 Å². The lowest BCUT2D eigenvalue weighted by Gasteiger charge is -2.13. The van der Waals surface area contributed by atoms with Crippen LogP contribution in [0.4, 0.5) is 13.2 Å². The molecule has 1 N–H and O–H groups in total. The van der Waals surface area contributed by atoms with Crippen molar-refractivity contribution < 1.29 is 27.5 Å². The van der Waals surface area contributed by atoms with Crippen LogP contribution in [-0.2, 0) is 11.4 Å². The average Bonchev–Trinajstić information content (AvgIpc) is 2.59. The van der Waals surface area contributed by atoms with Gasteiger partial charge in [0.1, 0.15) is 0 Å². The molecule has 2 rings (SSSR count). The highest BCUT2D eigenvalue weighted by atomic mass is 19.4. The zero-order valence-corrected chi connectivity index (χ0v) is 10.1. The number of hydrogen-bond donors (Lipinski definition) is 1. The second-order valence-corrected chi connectivity index (χ2v) is 4.02. The highest BCUT2D eigenvalue weighted by Crippen LogP contribution is 2.33. The molecule has 106 valence electrons. The topological polar surface area (TPSA) is 39.7 Å². The Hall–Kier alpha value is -1.47. The van der Waals surface area contributed by atoms with Crippen molar-refractivity contribution in [2.75, 3.05) is 19.8 Å². The molecule has 4 nitrogen and oxygen atoms in total. The van der Waals surface area contributed by atoms with Gasteiger partial charge in [-0.1, -0.05) is 12.1 Å². The standard InChI is InChI=1S/C12H14F3NO3/c13-12(14,15)8-19-16-7-9-3-1-4-10-11(9)18-6-2-5-17-10/h1,3-4,16H,2,5-8H2. The van der Waals surface area contributed by atoms with Gasteiger partial charge >= 0.3 is 6.18 Å². The Bertz CT molecular complexity index is 423. The van der Waals surface area contributed by atoms with Crippen molar-refractivity contribution in [1.82, 2.24) is 5.48 Å². The van der Waals surface area contributed by atoms with Crippen molar-refractivity contribution in [3.63, 3.8) is 0 Å². The summed E-state index contributed by atoms with van der Waals surface area (Å²) < 4.78 is 46.7. The van der Waals surface area contributed by atoms with Gasteiger partial charge in [-0.3, -0.25) is 4.84 Å². The third kappa shape index (κ3) is 4.29. The molecule has 0 radical (unpaired) electrons. The first kappa shape index (κ1) is 14.0. The first-order valence-electron chi connectivity index (χ1n) is 5.85. The van der Waals surface area contributed by atoms with Crippen LogP contribution in [0.5, 0.6) is 11.5 Å². The molecule has 1 aliphatic heterocycles. The fraction of sp³-hybridized carbons (Fsp3) is 0.500. The molecule has 0 saturated carbocycles. The molecule has 0 amide bonds. The Balaban J connectivity index is 1.93. The number of benzene rings is 1. The van der Waals surface area contributed by atoms with E-state index in [1.807, 2.05) is 0 Å². The summed E-state index contributed by atoms with van der Waals surface area (Å²) >= 11 is 0. The van der Waals surface area contributed by atoms with E-state index in [0.717, 1.165) is 6.42 Å². The van der Waals surface area contributed by atoms with Crippen LogP contribution in [0.2, 0.25) is 0 Å². The summed E-state index contributed by atoms with van der Waals surface area (Å²) in [5.74, 6) is 1.16. The fourth-order valence-electron chi connectivity index (χ4n) is 1.65. The average molecular weight is 277 g/mol. The van der Waals surface area contributed by atoms with Gasteiger partial charge in [0, 0.05) is 18.5 Å². The van der Waals surface area contributed by atoms with Crippen LogP contribution < -0.4 is 15.0 Å². The Morgan fingerprint density at radius 1 is 1.21 bits per heavy atom. The van der Waals surface area contributed by atoms with Crippen molar-refractivity contribution in [3.05, 3.63) is 23.8 Å². The smallest absolute Gasteiger partial charge is 0.413 e. The van der Waals surface area contributed by atoms with Gasteiger partial charge in [-0.2, -0.15) is 18.7 Å². The highest BCUT2D eigenvalue weighted by molar-refractivity contribution is 5.46. The number of hydroxylamine groups is 1. The van der Waals surface area contributed by atoms with Gasteiger partial charge in [0.2, 0.25) is 0 Å². The third-order valence-corrected chi connectivity index (χ3v) is 2.45. The first-order valence-corrected chi connectivity index (χ1v) is 5.85. The Morgan fingerprint density at radius 3 is 2.79 bits per heavy atom. The van der Waals surface area contributed by atoms with Crippen molar-refractivity contribution in [1.29, 1.82) is 0 Å². The van der Waals surface area contributed by atoms with E-state index in [2.05, 4.69) is 10.3 Å². The summed E-state index contributed by atoms with van der Waals surface area (Å²) in [7, 11) is 0. The molecule has 0 aromatic heterocycles. The van der Waals surface area contributed by atoms with E-state index >= 15 is 0 Å². The van der Waals surface area contributed by atoms with E-state index in [4.69, 9.17) is 9.47 Å². The van der Waals surface area contributed by atoms with Gasteiger partial charge in [-0.25, -0.2) is 0 Å². The summed E-state index contributed by atoms with van der Waals surface area (Å²) in [6.45, 7) is -0.135. The van der Waals surface area contributed by atoms with Crippen LogP contribution >= 0.6 is 0 Å². The Kier molecular flexibility index (Phi) is 4.49. The van der Waals surface area contributed by atoms with Gasteiger partial charge in [-0.05, 0) is 6.07 Å². The minimum Gasteiger partial charge on any atom is -0.490 e. The molecule has 0 bridgehead atoms. The summed E-state index contributed by atoms with van der Waals surface area (Å²) in [5.41, 5.74) is 2.97. The molecule has 0 saturated heterocycles. The van der Waals surface area contributed by atoms with Gasteiger partial charge < -0.3 is 9.47 Å². The van der Waals surface area contributed by atoms with Crippen molar-refractivity contribution in [2.24, 2.45) is 0 Å². The fourth-order valence-corrected chi connectivity index (χ4v) is 1.65. The maximum atomic E-state index is 11.9. The molecule has 1 heterocycles. The van der Waals surface area contributed by atoms with Crippen molar-refractivity contribution >= 4 is 0 Å². The second-order valence-electron chi connectivity index (χ2n) is 4.02. The van der Waals surface area contributed by atoms with Crippen molar-refractivity contribution in [2.45, 2.75) is 19.1 Å². The number of alkyl halides is 3. The van der Waals surface area contributed by atoms with E-state index in [0.29, 0.717) is 30.3 Å². The maximum Gasteiger partial charge on any atom is 0.413 e. The van der Waals surface area contributed by atoms with Gasteiger partial charge in [0.25, 0.3) is 0 Å². The lowest BCUT2D eigenvalue weighted by atomic mass is 10.2. The lowest BCUT2D eigenvalue weighted by Crippen LogP contribution is -2.24. The minimum absolute atomic E-state index is 0.114. The predicted molar refractivity (Wildman–Crippen MR) is 60.9 cm³/mol. The number of fused-ring (bicyclic) bond motifs is 1. The molecule has 1 aliphatic rings. The van der Waals surface area contributed by atoms with Crippen LogP contribution in [0.15, 0.2) is 18.2 Å². The quantitative estimate of drug-likeness (QED) is 0.678. The molecular formula is C12H14F3NO3. The minimum atomic E-state index is -4.35. The summed E-state index contributed by atoms with van der Waals surface area (Å²) in [6.07, 6.45) is -3.58. The first-order chi connectivity index (χ1) is 9.06. The van der Waals surface area contributed by atoms with Crippen LogP contribution in [0, 0.1) is 0 Å². The van der Waals surface area contributed by atoms with Gasteiger partial charge in [0.15, 0.2) is 18.1 Å². The maximum absolute atomic E-state index is 11.9. The molecule has 1 aromatic rings. The molecule has 0 spiro atoms. The molecule has 0 atom stereocenters. The summed E-state index contributed by atoms with van der Waals surface area (Å²) in [4.78, 5) is 4.35. The molecule has 0 aliphatic carbocycles. The molecule has 7 heteroatoms. The van der Waals surface area contributed by atoms with Crippen LogP contribution in [-0.4, -0.2) is 26.0 Å². The zero-order valence-electron chi connectivity index (χ0n) is 10.1. The zero-order chi connectivity index (χ0) is 13.7. The number of halogens is 3. The molecule has 1 aromatic carbocycles.